The summed E-state index contributed by atoms with van der Waals surface area (Å²) in [5.74, 6) is 2.38. The number of amides is 2. The van der Waals surface area contributed by atoms with Crippen LogP contribution < -0.4 is 5.32 Å². The van der Waals surface area contributed by atoms with Crippen LogP contribution in [0, 0.1) is 23.2 Å². The van der Waals surface area contributed by atoms with Crippen molar-refractivity contribution in [3.63, 3.8) is 0 Å². The maximum Gasteiger partial charge on any atom is 0.407 e. The summed E-state index contributed by atoms with van der Waals surface area (Å²) in [6.07, 6.45) is 8.16. The zero-order valence-corrected chi connectivity index (χ0v) is 13.0. The molecule has 0 radical (unpaired) electrons. The third kappa shape index (κ3) is 1.90. The highest BCUT2D eigenvalue weighted by Gasteiger charge is 2.57. The van der Waals surface area contributed by atoms with Crippen LogP contribution in [0.25, 0.3) is 0 Å². The van der Waals surface area contributed by atoms with Crippen LogP contribution in [0.4, 0.5) is 4.79 Å². The Kier molecular flexibility index (Phi) is 2.51. The molecule has 1 atom stereocenters. The van der Waals surface area contributed by atoms with E-state index in [2.05, 4.69) is 10.2 Å². The number of cyclic esters (lactones) is 1. The minimum atomic E-state index is -0.328. The van der Waals surface area contributed by atoms with Crippen molar-refractivity contribution in [1.29, 1.82) is 0 Å². The fourth-order valence-corrected chi connectivity index (χ4v) is 5.46. The molecule has 0 aromatic heterocycles. The van der Waals surface area contributed by atoms with Gasteiger partial charge in [0.1, 0.15) is 6.61 Å². The average molecular weight is 304 g/mol. The Hall–Kier alpha value is -1.26. The Labute approximate surface area is 130 Å². The molecule has 5 nitrogen and oxygen atoms in total. The first-order valence-electron chi connectivity index (χ1n) is 8.80. The number of hydrogen-bond acceptors (Lipinski definition) is 3. The van der Waals surface area contributed by atoms with Gasteiger partial charge in [-0.1, -0.05) is 0 Å². The third-order valence-corrected chi connectivity index (χ3v) is 6.86. The van der Waals surface area contributed by atoms with Gasteiger partial charge in [-0.25, -0.2) is 4.79 Å². The second-order valence-electron chi connectivity index (χ2n) is 8.62. The molecule has 0 bridgehead atoms. The van der Waals surface area contributed by atoms with Gasteiger partial charge in [0.15, 0.2) is 0 Å². The molecule has 1 unspecified atom stereocenters. The molecule has 5 aliphatic rings. The molecule has 5 heteroatoms. The Balaban J connectivity index is 1.14. The molecule has 5 fully saturated rings. The standard InChI is InChI=1S/C17H24N2O3/c20-14(13-6-17(7-13)10-22-15(21)18-17)19-8-16(9-19)4-3-12(5-16)11-1-2-11/h11-13H,1-10H2,(H,18,21)/t12?,13-,17+. The van der Waals surface area contributed by atoms with Gasteiger partial charge in [-0.2, -0.15) is 0 Å². The monoisotopic (exact) mass is 304 g/mol. The average Bonchev–Trinajstić information content (AvgIpc) is 3.04. The van der Waals surface area contributed by atoms with Crippen LogP contribution in [-0.4, -0.2) is 42.1 Å². The molecule has 3 saturated carbocycles. The summed E-state index contributed by atoms with van der Waals surface area (Å²) in [6.45, 7) is 2.41. The van der Waals surface area contributed by atoms with Gasteiger partial charge in [0.25, 0.3) is 0 Å². The predicted octanol–water partition coefficient (Wildman–Crippen LogP) is 1.91. The van der Waals surface area contributed by atoms with E-state index < -0.39 is 0 Å². The van der Waals surface area contributed by atoms with Gasteiger partial charge in [-0.05, 0) is 56.8 Å². The molecule has 0 aromatic carbocycles. The van der Waals surface area contributed by atoms with Crippen molar-refractivity contribution in [2.45, 2.75) is 50.5 Å². The van der Waals surface area contributed by atoms with Crippen LogP contribution in [0.1, 0.15) is 44.9 Å². The zero-order chi connectivity index (χ0) is 14.9. The summed E-state index contributed by atoms with van der Waals surface area (Å²) >= 11 is 0. The van der Waals surface area contributed by atoms with E-state index >= 15 is 0 Å². The Bertz CT molecular complexity index is 530. The van der Waals surface area contributed by atoms with Crippen LogP contribution in [-0.2, 0) is 9.53 Å². The number of nitrogens with one attached hydrogen (secondary N) is 1. The van der Waals surface area contributed by atoms with Gasteiger partial charge in [-0.3, -0.25) is 4.79 Å². The van der Waals surface area contributed by atoms with Crippen molar-refractivity contribution < 1.29 is 14.3 Å². The van der Waals surface area contributed by atoms with Crippen LogP contribution >= 0.6 is 0 Å². The number of rotatable bonds is 2. The first-order chi connectivity index (χ1) is 10.6. The van der Waals surface area contributed by atoms with Gasteiger partial charge >= 0.3 is 6.09 Å². The fraction of sp³-hybridized carbons (Fsp3) is 0.882. The maximum atomic E-state index is 12.6. The lowest BCUT2D eigenvalue weighted by Crippen LogP contribution is -2.63. The number of ether oxygens (including phenoxy) is 1. The Morgan fingerprint density at radius 3 is 2.55 bits per heavy atom. The molecule has 120 valence electrons. The first-order valence-corrected chi connectivity index (χ1v) is 8.80. The summed E-state index contributed by atoms with van der Waals surface area (Å²) in [5, 5.41) is 2.87. The van der Waals surface area contributed by atoms with Gasteiger partial charge in [0.05, 0.1) is 5.54 Å². The summed E-state index contributed by atoms with van der Waals surface area (Å²) in [4.78, 5) is 25.8. The van der Waals surface area contributed by atoms with Crippen LogP contribution in [0.15, 0.2) is 0 Å². The molecule has 2 heterocycles. The molecule has 2 spiro atoms. The summed E-state index contributed by atoms with van der Waals surface area (Å²) in [5.41, 5.74) is 0.236. The SMILES string of the molecule is O=C1N[C@]2(CO1)C[C@H](C(=O)N1CC3(CCC(C4CC4)C3)C1)C2. The van der Waals surface area contributed by atoms with Crippen molar-refractivity contribution in [3.05, 3.63) is 0 Å². The van der Waals surface area contributed by atoms with E-state index in [-0.39, 0.29) is 17.6 Å². The van der Waals surface area contributed by atoms with E-state index in [1.807, 2.05) is 0 Å². The van der Waals surface area contributed by atoms with Crippen molar-refractivity contribution in [1.82, 2.24) is 10.2 Å². The van der Waals surface area contributed by atoms with Crippen molar-refractivity contribution in [2.24, 2.45) is 23.2 Å². The van der Waals surface area contributed by atoms with Crippen molar-refractivity contribution in [3.8, 4) is 0 Å². The topological polar surface area (TPSA) is 58.6 Å². The predicted molar refractivity (Wildman–Crippen MR) is 79.0 cm³/mol. The number of nitrogens with zero attached hydrogens (tertiary/aromatic N) is 1. The minimum absolute atomic E-state index is 0.0972. The summed E-state index contributed by atoms with van der Waals surface area (Å²) in [7, 11) is 0. The molecule has 2 aliphatic heterocycles. The molecule has 0 aromatic rings. The number of carbonyl (C=O) groups excluding carboxylic acids is 2. The van der Waals surface area contributed by atoms with E-state index in [1.54, 1.807) is 0 Å². The Morgan fingerprint density at radius 2 is 1.91 bits per heavy atom. The number of likely N-dealkylation sites (tertiary alicyclic amines) is 1. The molecule has 1 N–H and O–H groups in total. The van der Waals surface area contributed by atoms with Gasteiger partial charge in [0, 0.05) is 24.4 Å². The van der Waals surface area contributed by atoms with Gasteiger partial charge < -0.3 is 15.0 Å². The molecular formula is C17H24N2O3. The van der Waals surface area contributed by atoms with E-state index in [1.165, 1.54) is 32.1 Å². The van der Waals surface area contributed by atoms with Gasteiger partial charge in [-0.15, -0.1) is 0 Å². The lowest BCUT2D eigenvalue weighted by molar-refractivity contribution is -0.153. The third-order valence-electron chi connectivity index (χ3n) is 6.86. The number of alkyl carbamates (subject to hydrolysis) is 1. The van der Waals surface area contributed by atoms with E-state index in [4.69, 9.17) is 4.74 Å². The van der Waals surface area contributed by atoms with Crippen molar-refractivity contribution >= 4 is 12.0 Å². The van der Waals surface area contributed by atoms with Crippen molar-refractivity contribution in [2.75, 3.05) is 19.7 Å². The number of carbonyl (C=O) groups is 2. The van der Waals surface area contributed by atoms with Crippen LogP contribution in [0.5, 0.6) is 0 Å². The molecular weight excluding hydrogens is 280 g/mol. The largest absolute Gasteiger partial charge is 0.447 e. The molecule has 2 amide bonds. The smallest absolute Gasteiger partial charge is 0.407 e. The molecule has 2 saturated heterocycles. The molecule has 3 aliphatic carbocycles. The first kappa shape index (κ1) is 13.2. The second-order valence-corrected chi connectivity index (χ2v) is 8.62. The van der Waals surface area contributed by atoms with Crippen LogP contribution in [0.3, 0.4) is 0 Å². The minimum Gasteiger partial charge on any atom is -0.447 e. The van der Waals surface area contributed by atoms with E-state index in [0.29, 0.717) is 17.9 Å². The van der Waals surface area contributed by atoms with Crippen LogP contribution in [0.2, 0.25) is 0 Å². The fourth-order valence-electron chi connectivity index (χ4n) is 5.46. The maximum absolute atomic E-state index is 12.6. The summed E-state index contributed by atoms with van der Waals surface area (Å²) < 4.78 is 4.98. The second kappa shape index (κ2) is 4.18. The molecule has 22 heavy (non-hydrogen) atoms. The van der Waals surface area contributed by atoms with E-state index in [0.717, 1.165) is 37.8 Å². The number of hydrogen-bond donors (Lipinski definition) is 1. The molecule has 5 rings (SSSR count). The van der Waals surface area contributed by atoms with Gasteiger partial charge in [0.2, 0.25) is 5.91 Å². The highest BCUT2D eigenvalue weighted by molar-refractivity contribution is 5.82. The zero-order valence-electron chi connectivity index (χ0n) is 13.0. The highest BCUT2D eigenvalue weighted by Crippen LogP contribution is 2.55. The quantitative estimate of drug-likeness (QED) is 0.848. The summed E-state index contributed by atoms with van der Waals surface area (Å²) in [6, 6.07) is 0. The highest BCUT2D eigenvalue weighted by atomic mass is 16.6. The Morgan fingerprint density at radius 1 is 1.14 bits per heavy atom. The lowest BCUT2D eigenvalue weighted by atomic mass is 9.67. The lowest BCUT2D eigenvalue weighted by Gasteiger charge is -2.52. The van der Waals surface area contributed by atoms with E-state index in [9.17, 15) is 9.59 Å². The normalized spacial score (nSPS) is 42.0.